The fraction of sp³-hybridized carbons (Fsp3) is 0.429. The molecule has 1 N–H and O–H groups in total. The monoisotopic (exact) mass is 535 g/mol. The molecule has 1 atom stereocenters. The van der Waals surface area contributed by atoms with E-state index in [1.54, 1.807) is 19.4 Å². The second-order valence-corrected chi connectivity index (χ2v) is 16.6. The van der Waals surface area contributed by atoms with Crippen molar-refractivity contribution in [3.05, 3.63) is 58.4 Å². The van der Waals surface area contributed by atoms with Crippen LogP contribution in [0, 0.1) is 11.3 Å². The zero-order valence-corrected chi connectivity index (χ0v) is 24.3. The summed E-state index contributed by atoms with van der Waals surface area (Å²) in [6.07, 6.45) is 5.03. The van der Waals surface area contributed by atoms with Gasteiger partial charge in [-0.25, -0.2) is 15.0 Å². The maximum Gasteiger partial charge on any atom is 0.237 e. The molecule has 0 fully saturated rings. The minimum atomic E-state index is -1.92. The van der Waals surface area contributed by atoms with Gasteiger partial charge in [0, 0.05) is 30.0 Å². The second kappa shape index (κ2) is 10.0. The molecule has 194 valence electrons. The van der Waals surface area contributed by atoms with E-state index in [0.29, 0.717) is 40.4 Å². The van der Waals surface area contributed by atoms with Gasteiger partial charge in [0.1, 0.15) is 5.69 Å². The molecule has 0 saturated heterocycles. The molecule has 0 radical (unpaired) electrons. The van der Waals surface area contributed by atoms with Gasteiger partial charge >= 0.3 is 0 Å². The first-order valence-electron chi connectivity index (χ1n) is 12.4. The molecule has 37 heavy (non-hydrogen) atoms. The van der Waals surface area contributed by atoms with Crippen LogP contribution in [-0.2, 0) is 16.3 Å². The number of hydrogen-bond acceptors (Lipinski definition) is 7. The lowest BCUT2D eigenvalue weighted by molar-refractivity contribution is 0.208. The summed E-state index contributed by atoms with van der Waals surface area (Å²) in [5.74, 6) is 0.767. The van der Waals surface area contributed by atoms with E-state index >= 15 is 0 Å². The number of fused-ring (bicyclic) bond motifs is 1. The van der Waals surface area contributed by atoms with Crippen molar-refractivity contribution >= 4 is 31.6 Å². The molecule has 2 heterocycles. The van der Waals surface area contributed by atoms with Gasteiger partial charge in [-0.1, -0.05) is 39.3 Å². The number of nitrogens with zero attached hydrogens (tertiary/aromatic N) is 4. The minimum absolute atomic E-state index is 0.135. The van der Waals surface area contributed by atoms with Gasteiger partial charge in [0.15, 0.2) is 8.32 Å². The number of rotatable bonds is 7. The van der Waals surface area contributed by atoms with Crippen molar-refractivity contribution in [2.75, 3.05) is 19.0 Å². The third kappa shape index (κ3) is 5.49. The average molecular weight is 536 g/mol. The second-order valence-electron chi connectivity index (χ2n) is 11.4. The standard InChI is InChI=1S/C28H34ClN5O2Si/c1-27(2,3)37(6,7)36-17-28(4)10-8-21-19(15-30)12-18(13-22(21)28)23-9-11-31-26(33-23)34-24-14-20(29)16-32-25(24)35-5/h9,11-14,16H,8,10,17H2,1-7H3,(H,31,33,34). The van der Waals surface area contributed by atoms with Crippen LogP contribution in [0.1, 0.15) is 50.8 Å². The molecule has 0 saturated carbocycles. The smallest absolute Gasteiger partial charge is 0.237 e. The largest absolute Gasteiger partial charge is 0.480 e. The van der Waals surface area contributed by atoms with Crippen LogP contribution >= 0.6 is 11.6 Å². The van der Waals surface area contributed by atoms with Gasteiger partial charge in [-0.2, -0.15) is 5.26 Å². The Morgan fingerprint density at radius 2 is 1.97 bits per heavy atom. The lowest BCUT2D eigenvalue weighted by Gasteiger charge is -2.39. The van der Waals surface area contributed by atoms with Crippen molar-refractivity contribution in [2.45, 2.75) is 64.1 Å². The molecular weight excluding hydrogens is 502 g/mol. The highest BCUT2D eigenvalue weighted by Crippen LogP contribution is 2.45. The molecule has 0 amide bonds. The van der Waals surface area contributed by atoms with Crippen LogP contribution in [-0.4, -0.2) is 37.0 Å². The number of nitriles is 1. The molecule has 9 heteroatoms. The molecule has 1 aliphatic carbocycles. The quantitative estimate of drug-likeness (QED) is 0.324. The Kier molecular flexibility index (Phi) is 7.35. The Balaban J connectivity index is 1.68. The number of nitrogens with one attached hydrogen (secondary N) is 1. The molecule has 1 aromatic carbocycles. The van der Waals surface area contributed by atoms with E-state index < -0.39 is 8.32 Å². The lowest BCUT2D eigenvalue weighted by atomic mass is 9.83. The Bertz CT molecular complexity index is 1370. The summed E-state index contributed by atoms with van der Waals surface area (Å²) in [5.41, 5.74) is 4.97. The van der Waals surface area contributed by atoms with E-state index in [0.717, 1.165) is 24.0 Å². The Labute approximate surface area is 225 Å². The van der Waals surface area contributed by atoms with Crippen LogP contribution in [0.2, 0.25) is 23.2 Å². The molecule has 0 bridgehead atoms. The summed E-state index contributed by atoms with van der Waals surface area (Å²) in [4.78, 5) is 13.3. The molecular formula is C28H34ClN5O2Si. The predicted molar refractivity (Wildman–Crippen MR) is 150 cm³/mol. The number of benzene rings is 1. The molecule has 1 aliphatic rings. The zero-order valence-electron chi connectivity index (χ0n) is 22.6. The van der Waals surface area contributed by atoms with Gasteiger partial charge in [0.2, 0.25) is 11.8 Å². The van der Waals surface area contributed by atoms with Gasteiger partial charge in [-0.05, 0) is 66.4 Å². The van der Waals surface area contributed by atoms with E-state index in [1.165, 1.54) is 11.8 Å². The SMILES string of the molecule is COc1ncc(Cl)cc1Nc1nccc(-c2cc(C#N)c3c(c2)C(C)(CO[Si](C)(C)C(C)(C)C)CC3)n1. The van der Waals surface area contributed by atoms with Crippen LogP contribution in [0.25, 0.3) is 11.3 Å². The van der Waals surface area contributed by atoms with Crippen LogP contribution in [0.4, 0.5) is 11.6 Å². The Morgan fingerprint density at radius 1 is 1.22 bits per heavy atom. The summed E-state index contributed by atoms with van der Waals surface area (Å²) >= 11 is 6.12. The third-order valence-electron chi connectivity index (χ3n) is 7.71. The maximum atomic E-state index is 9.99. The lowest BCUT2D eigenvalue weighted by Crippen LogP contribution is -2.44. The molecule has 0 spiro atoms. The topological polar surface area (TPSA) is 93.0 Å². The van der Waals surface area contributed by atoms with E-state index in [4.69, 9.17) is 25.7 Å². The van der Waals surface area contributed by atoms with Gasteiger partial charge < -0.3 is 14.5 Å². The normalized spacial score (nSPS) is 17.3. The number of ether oxygens (including phenoxy) is 1. The maximum absolute atomic E-state index is 9.99. The fourth-order valence-corrected chi connectivity index (χ4v) is 5.62. The Morgan fingerprint density at radius 3 is 2.65 bits per heavy atom. The number of halogens is 1. The molecule has 2 aromatic heterocycles. The summed E-state index contributed by atoms with van der Waals surface area (Å²) in [6, 6.07) is 10.1. The predicted octanol–water partition coefficient (Wildman–Crippen LogP) is 7.04. The first-order chi connectivity index (χ1) is 17.4. The first kappa shape index (κ1) is 27.1. The van der Waals surface area contributed by atoms with E-state index in [9.17, 15) is 5.26 Å². The van der Waals surface area contributed by atoms with E-state index in [2.05, 4.69) is 68.2 Å². The van der Waals surface area contributed by atoms with Crippen molar-refractivity contribution in [3.63, 3.8) is 0 Å². The van der Waals surface area contributed by atoms with Crippen molar-refractivity contribution < 1.29 is 9.16 Å². The number of pyridine rings is 1. The Hall–Kier alpha value is -2.99. The van der Waals surface area contributed by atoms with Gasteiger partial charge in [0.25, 0.3) is 0 Å². The highest BCUT2D eigenvalue weighted by molar-refractivity contribution is 6.74. The van der Waals surface area contributed by atoms with Crippen molar-refractivity contribution in [3.8, 4) is 23.2 Å². The zero-order chi connectivity index (χ0) is 27.0. The highest BCUT2D eigenvalue weighted by Gasteiger charge is 2.42. The molecule has 7 nitrogen and oxygen atoms in total. The summed E-state index contributed by atoms with van der Waals surface area (Å²) in [6.45, 7) is 14.2. The van der Waals surface area contributed by atoms with Crippen LogP contribution in [0.3, 0.4) is 0 Å². The molecule has 4 rings (SSSR count). The number of hydrogen-bond donors (Lipinski definition) is 1. The summed E-state index contributed by atoms with van der Waals surface area (Å²) in [5, 5.41) is 13.7. The van der Waals surface area contributed by atoms with Gasteiger partial charge in [-0.3, -0.25) is 0 Å². The number of methoxy groups -OCH3 is 1. The van der Waals surface area contributed by atoms with E-state index in [-0.39, 0.29) is 10.5 Å². The van der Waals surface area contributed by atoms with Crippen LogP contribution < -0.4 is 10.1 Å². The summed E-state index contributed by atoms with van der Waals surface area (Å²) in [7, 11) is -0.375. The number of aromatic nitrogens is 3. The fourth-order valence-electron chi connectivity index (χ4n) is 4.35. The van der Waals surface area contributed by atoms with Crippen LogP contribution in [0.5, 0.6) is 5.88 Å². The third-order valence-corrected chi connectivity index (χ3v) is 12.4. The van der Waals surface area contributed by atoms with E-state index in [1.807, 2.05) is 12.1 Å². The first-order valence-corrected chi connectivity index (χ1v) is 15.7. The average Bonchev–Trinajstić information content (AvgIpc) is 3.19. The van der Waals surface area contributed by atoms with Crippen molar-refractivity contribution in [2.24, 2.45) is 0 Å². The van der Waals surface area contributed by atoms with Crippen molar-refractivity contribution in [1.29, 1.82) is 5.26 Å². The molecule has 3 aromatic rings. The molecule has 0 aliphatic heterocycles. The van der Waals surface area contributed by atoms with Crippen molar-refractivity contribution in [1.82, 2.24) is 15.0 Å². The van der Waals surface area contributed by atoms with Gasteiger partial charge in [-0.15, -0.1) is 0 Å². The molecule has 1 unspecified atom stereocenters. The summed E-state index contributed by atoms with van der Waals surface area (Å²) < 4.78 is 12.0. The van der Waals surface area contributed by atoms with Crippen LogP contribution in [0.15, 0.2) is 36.7 Å². The van der Waals surface area contributed by atoms with Gasteiger partial charge in [0.05, 0.1) is 29.5 Å². The highest BCUT2D eigenvalue weighted by atomic mass is 35.5. The minimum Gasteiger partial charge on any atom is -0.480 e. The number of anilines is 2.